The van der Waals surface area contributed by atoms with Gasteiger partial charge in [0.2, 0.25) is 0 Å². The Labute approximate surface area is 243 Å². The maximum Gasteiger partial charge on any atom is 0.310 e. The molecule has 0 aromatic rings. The van der Waals surface area contributed by atoms with Crippen molar-refractivity contribution in [3.8, 4) is 0 Å². The van der Waals surface area contributed by atoms with Crippen molar-refractivity contribution in [3.05, 3.63) is 0 Å². The fourth-order valence-electron chi connectivity index (χ4n) is 7.63. The van der Waals surface area contributed by atoms with Gasteiger partial charge in [0.05, 0.1) is 41.0 Å². The number of ether oxygens (including phenoxy) is 1. The van der Waals surface area contributed by atoms with Crippen LogP contribution in [0.5, 0.6) is 0 Å². The first-order chi connectivity index (χ1) is 19.5. The Bertz CT molecular complexity index is 1010. The van der Waals surface area contributed by atoms with E-state index in [1.807, 2.05) is 6.92 Å². The van der Waals surface area contributed by atoms with E-state index in [1.165, 1.54) is 0 Å². The Balaban J connectivity index is 1.18. The van der Waals surface area contributed by atoms with Crippen molar-refractivity contribution in [1.29, 1.82) is 0 Å². The average molecular weight is 601 g/mol. The smallest absolute Gasteiger partial charge is 0.310 e. The minimum atomic E-state index is -3.35. The SMILES string of the molecule is CC1CCC(C(=O)O)C(COOC2CCC(S(=O)(=O)C3CCC(OC(=O)C4CC(C)CCC4C(=O)O)CC3)CC2)C1. The van der Waals surface area contributed by atoms with Crippen LogP contribution in [0, 0.1) is 35.5 Å². The number of carboxylic acid groups (broad SMARTS) is 2. The normalized spacial score (nSPS) is 38.6. The minimum Gasteiger partial charge on any atom is -0.481 e. The Kier molecular flexibility index (Phi) is 11.1. The van der Waals surface area contributed by atoms with Crippen LogP contribution in [-0.4, -0.2) is 65.9 Å². The molecule has 0 aromatic heterocycles. The monoisotopic (exact) mass is 600 g/mol. The number of hydrogen-bond acceptors (Lipinski definition) is 8. The first kappa shape index (κ1) is 32.2. The van der Waals surface area contributed by atoms with Gasteiger partial charge in [0.15, 0.2) is 9.84 Å². The highest BCUT2D eigenvalue weighted by molar-refractivity contribution is 7.92. The molecule has 0 amide bonds. The summed E-state index contributed by atoms with van der Waals surface area (Å²) in [5.41, 5.74) is 0. The number of hydrogen-bond donors (Lipinski definition) is 2. The number of carbonyl (C=O) groups is 3. The van der Waals surface area contributed by atoms with Crippen LogP contribution in [0.25, 0.3) is 0 Å². The summed E-state index contributed by atoms with van der Waals surface area (Å²) in [6.07, 6.45) is 7.55. The van der Waals surface area contributed by atoms with E-state index < -0.39 is 56.0 Å². The molecule has 0 spiro atoms. The molecule has 0 aromatic carbocycles. The average Bonchev–Trinajstić information content (AvgIpc) is 2.93. The zero-order valence-electron chi connectivity index (χ0n) is 24.4. The van der Waals surface area contributed by atoms with E-state index in [2.05, 4.69) is 6.92 Å². The number of aliphatic carboxylic acids is 2. The van der Waals surface area contributed by atoms with Crippen molar-refractivity contribution < 1.29 is 47.5 Å². The lowest BCUT2D eigenvalue weighted by Crippen LogP contribution is -2.41. The lowest BCUT2D eigenvalue weighted by atomic mass is 9.74. The second-order valence-corrected chi connectivity index (χ2v) is 15.8. The van der Waals surface area contributed by atoms with Crippen LogP contribution in [0.1, 0.15) is 104 Å². The molecule has 41 heavy (non-hydrogen) atoms. The number of carbonyl (C=O) groups excluding carboxylic acids is 1. The van der Waals surface area contributed by atoms with Crippen molar-refractivity contribution in [2.45, 2.75) is 126 Å². The highest BCUT2D eigenvalue weighted by atomic mass is 32.2. The van der Waals surface area contributed by atoms with Gasteiger partial charge in [-0.05, 0) is 108 Å². The molecule has 0 bridgehead atoms. The Hall–Kier alpha value is -1.72. The van der Waals surface area contributed by atoms with Gasteiger partial charge in [-0.1, -0.05) is 13.8 Å². The van der Waals surface area contributed by atoms with E-state index in [4.69, 9.17) is 14.5 Å². The third-order valence-corrected chi connectivity index (χ3v) is 13.0. The van der Waals surface area contributed by atoms with Crippen molar-refractivity contribution in [1.82, 2.24) is 0 Å². The van der Waals surface area contributed by atoms with Gasteiger partial charge in [0.25, 0.3) is 0 Å². The third-order valence-electron chi connectivity index (χ3n) is 10.2. The zero-order chi connectivity index (χ0) is 29.7. The van der Waals surface area contributed by atoms with Crippen LogP contribution < -0.4 is 0 Å². The number of carboxylic acids is 2. The van der Waals surface area contributed by atoms with Crippen LogP contribution in [0.3, 0.4) is 0 Å². The van der Waals surface area contributed by atoms with Gasteiger partial charge in [-0.15, -0.1) is 0 Å². The van der Waals surface area contributed by atoms with Crippen molar-refractivity contribution in [2.75, 3.05) is 6.61 Å². The molecule has 4 fully saturated rings. The fraction of sp³-hybridized carbons (Fsp3) is 0.900. The summed E-state index contributed by atoms with van der Waals surface area (Å²) in [6, 6.07) is 0. The van der Waals surface area contributed by atoms with Crippen LogP contribution in [-0.2, 0) is 38.7 Å². The predicted octanol–water partition coefficient (Wildman–Crippen LogP) is 4.79. The van der Waals surface area contributed by atoms with Crippen molar-refractivity contribution in [3.63, 3.8) is 0 Å². The van der Waals surface area contributed by atoms with Crippen LogP contribution in [0.2, 0.25) is 0 Å². The van der Waals surface area contributed by atoms with E-state index in [9.17, 15) is 33.0 Å². The molecule has 6 atom stereocenters. The van der Waals surface area contributed by atoms with E-state index in [0.717, 1.165) is 19.3 Å². The lowest BCUT2D eigenvalue weighted by molar-refractivity contribution is -0.336. The van der Waals surface area contributed by atoms with Gasteiger partial charge < -0.3 is 14.9 Å². The van der Waals surface area contributed by atoms with Crippen molar-refractivity contribution in [2.24, 2.45) is 35.5 Å². The number of sulfone groups is 1. The summed E-state index contributed by atoms with van der Waals surface area (Å²) in [7, 11) is -3.35. The highest BCUT2D eigenvalue weighted by Crippen LogP contribution is 2.38. The summed E-state index contributed by atoms with van der Waals surface area (Å²) < 4.78 is 32.6. The highest BCUT2D eigenvalue weighted by Gasteiger charge is 2.42. The first-order valence-corrected chi connectivity index (χ1v) is 17.2. The Morgan fingerprint density at radius 3 is 1.73 bits per heavy atom. The minimum absolute atomic E-state index is 0.0767. The summed E-state index contributed by atoms with van der Waals surface area (Å²) in [5.74, 6) is -3.28. The first-order valence-electron chi connectivity index (χ1n) is 15.6. The quantitative estimate of drug-likeness (QED) is 0.203. The molecule has 0 heterocycles. The van der Waals surface area contributed by atoms with Gasteiger partial charge >= 0.3 is 17.9 Å². The van der Waals surface area contributed by atoms with Crippen molar-refractivity contribution >= 4 is 27.7 Å². The van der Waals surface area contributed by atoms with Crippen LogP contribution >= 0.6 is 0 Å². The standard InChI is InChI=1S/C30H48O10S/c1-18-3-13-25(28(31)32)20(15-18)17-38-40-22-7-11-24(12-8-22)41(36,37)23-9-5-21(6-10-23)39-30(35)27-16-19(2)4-14-26(27)29(33)34/h18-27H,3-17H2,1-2H3,(H,31,32)(H,33,34). The molecule has 4 saturated carbocycles. The molecule has 6 unspecified atom stereocenters. The molecule has 4 rings (SSSR count). The van der Waals surface area contributed by atoms with E-state index in [0.29, 0.717) is 76.5 Å². The molecule has 2 N–H and O–H groups in total. The molecular formula is C30H48O10S. The van der Waals surface area contributed by atoms with Gasteiger partial charge in [0, 0.05) is 0 Å². The largest absolute Gasteiger partial charge is 0.481 e. The van der Waals surface area contributed by atoms with E-state index >= 15 is 0 Å². The van der Waals surface area contributed by atoms with Gasteiger partial charge in [-0.2, -0.15) is 0 Å². The number of esters is 1. The Morgan fingerprint density at radius 2 is 1.17 bits per heavy atom. The molecule has 4 aliphatic carbocycles. The summed E-state index contributed by atoms with van der Waals surface area (Å²) in [4.78, 5) is 47.2. The van der Waals surface area contributed by atoms with Gasteiger partial charge in [-0.25, -0.2) is 18.2 Å². The molecular weight excluding hydrogens is 552 g/mol. The molecule has 11 heteroatoms. The van der Waals surface area contributed by atoms with E-state index in [1.54, 1.807) is 0 Å². The van der Waals surface area contributed by atoms with E-state index in [-0.39, 0.29) is 30.7 Å². The zero-order valence-corrected chi connectivity index (χ0v) is 25.3. The van der Waals surface area contributed by atoms with Crippen LogP contribution in [0.4, 0.5) is 0 Å². The predicted molar refractivity (Wildman–Crippen MR) is 149 cm³/mol. The topological polar surface area (TPSA) is 154 Å². The van der Waals surface area contributed by atoms with Crippen LogP contribution in [0.15, 0.2) is 0 Å². The van der Waals surface area contributed by atoms with Gasteiger partial charge in [-0.3, -0.25) is 14.4 Å². The second-order valence-electron chi connectivity index (χ2n) is 13.3. The molecule has 4 aliphatic rings. The number of rotatable bonds is 10. The van der Waals surface area contributed by atoms with Gasteiger partial charge in [0.1, 0.15) is 6.10 Å². The summed E-state index contributed by atoms with van der Waals surface area (Å²) >= 11 is 0. The molecule has 0 saturated heterocycles. The third kappa shape index (κ3) is 8.22. The molecule has 0 aliphatic heterocycles. The fourth-order valence-corrected chi connectivity index (χ4v) is 10.0. The maximum absolute atomic E-state index is 13.4. The summed E-state index contributed by atoms with van der Waals surface area (Å²) in [6.45, 7) is 4.39. The lowest BCUT2D eigenvalue weighted by Gasteiger charge is -2.35. The molecule has 0 radical (unpaired) electrons. The second kappa shape index (κ2) is 14.2. The Morgan fingerprint density at radius 1 is 0.659 bits per heavy atom. The summed E-state index contributed by atoms with van der Waals surface area (Å²) in [5, 5.41) is 18.2. The maximum atomic E-state index is 13.4. The molecule has 234 valence electrons. The molecule has 10 nitrogen and oxygen atoms in total.